The van der Waals surface area contributed by atoms with E-state index in [-0.39, 0.29) is 16.9 Å². The molecule has 2 rings (SSSR count). The topological polar surface area (TPSA) is 78.4 Å². The number of para-hydroxylation sites is 2. The molecule has 0 atom stereocenters. The number of carbonyl (C=O) groups excluding carboxylic acids is 1. The lowest BCUT2D eigenvalue weighted by atomic mass is 10.2. The molecule has 3 N–H and O–H groups in total. The predicted molar refractivity (Wildman–Crippen MR) is 80.1 cm³/mol. The number of hydrogen-bond acceptors (Lipinski definition) is 2. The van der Waals surface area contributed by atoms with Crippen molar-refractivity contribution in [2.24, 2.45) is 0 Å². The number of benzene rings is 2. The minimum atomic E-state index is -1.18. The molecule has 0 aliphatic rings. The summed E-state index contributed by atoms with van der Waals surface area (Å²) in [6, 6.07) is 9.40. The fraction of sp³-hybridized carbons (Fsp3) is 0. The number of halogens is 2. The number of aromatic carboxylic acids is 1. The van der Waals surface area contributed by atoms with Crippen molar-refractivity contribution in [3.8, 4) is 0 Å². The van der Waals surface area contributed by atoms with Crippen molar-refractivity contribution in [1.29, 1.82) is 0 Å². The Bertz CT molecular complexity index is 706. The maximum atomic E-state index is 13.4. The van der Waals surface area contributed by atoms with Gasteiger partial charge in [0.05, 0.1) is 16.9 Å². The molecule has 108 valence electrons. The molecular formula is C14H10BrFN2O3. The SMILES string of the molecule is O=C(Nc1ccccc1F)Nc1c(Br)cccc1C(=O)O. The third kappa shape index (κ3) is 3.57. The van der Waals surface area contributed by atoms with Gasteiger partial charge in [0.1, 0.15) is 5.82 Å². The van der Waals surface area contributed by atoms with E-state index in [0.29, 0.717) is 4.47 Å². The number of urea groups is 1. The molecule has 0 aliphatic heterocycles. The van der Waals surface area contributed by atoms with Crippen LogP contribution in [0.2, 0.25) is 0 Å². The Morgan fingerprint density at radius 1 is 1.05 bits per heavy atom. The Morgan fingerprint density at radius 3 is 2.43 bits per heavy atom. The minimum Gasteiger partial charge on any atom is -0.478 e. The van der Waals surface area contributed by atoms with Crippen molar-refractivity contribution in [2.75, 3.05) is 10.6 Å². The molecule has 0 unspecified atom stereocenters. The van der Waals surface area contributed by atoms with Gasteiger partial charge in [0.15, 0.2) is 0 Å². The Balaban J connectivity index is 2.21. The average Bonchev–Trinajstić information content (AvgIpc) is 2.43. The largest absolute Gasteiger partial charge is 0.478 e. The van der Waals surface area contributed by atoms with Gasteiger partial charge in [-0.3, -0.25) is 0 Å². The van der Waals surface area contributed by atoms with Crippen molar-refractivity contribution < 1.29 is 19.1 Å². The van der Waals surface area contributed by atoms with Crippen LogP contribution in [-0.4, -0.2) is 17.1 Å². The van der Waals surface area contributed by atoms with E-state index < -0.39 is 17.8 Å². The van der Waals surface area contributed by atoms with Gasteiger partial charge in [0, 0.05) is 4.47 Å². The van der Waals surface area contributed by atoms with Gasteiger partial charge >= 0.3 is 12.0 Å². The molecule has 0 aliphatic carbocycles. The van der Waals surface area contributed by atoms with Crippen molar-refractivity contribution in [3.05, 3.63) is 58.3 Å². The molecule has 0 aromatic heterocycles. The van der Waals surface area contributed by atoms with Gasteiger partial charge in [-0.25, -0.2) is 14.0 Å². The number of carboxylic acid groups (broad SMARTS) is 1. The summed E-state index contributed by atoms with van der Waals surface area (Å²) in [5.41, 5.74) is 0.0193. The highest BCUT2D eigenvalue weighted by Gasteiger charge is 2.15. The van der Waals surface area contributed by atoms with E-state index in [1.165, 1.54) is 30.3 Å². The molecule has 5 nitrogen and oxygen atoms in total. The fourth-order valence-corrected chi connectivity index (χ4v) is 2.12. The molecule has 0 fully saturated rings. The van der Waals surface area contributed by atoms with Gasteiger partial charge in [-0.05, 0) is 40.2 Å². The number of amides is 2. The zero-order valence-electron chi connectivity index (χ0n) is 10.6. The van der Waals surface area contributed by atoms with E-state index in [9.17, 15) is 14.0 Å². The lowest BCUT2D eigenvalue weighted by Crippen LogP contribution is -2.22. The van der Waals surface area contributed by atoms with E-state index in [4.69, 9.17) is 5.11 Å². The van der Waals surface area contributed by atoms with Crippen LogP contribution in [0, 0.1) is 5.82 Å². The van der Waals surface area contributed by atoms with Crippen LogP contribution < -0.4 is 10.6 Å². The van der Waals surface area contributed by atoms with Crippen LogP contribution in [0.4, 0.5) is 20.6 Å². The predicted octanol–water partition coefficient (Wildman–Crippen LogP) is 3.93. The van der Waals surface area contributed by atoms with Gasteiger partial charge in [-0.2, -0.15) is 0 Å². The van der Waals surface area contributed by atoms with Crippen LogP contribution >= 0.6 is 15.9 Å². The molecule has 0 bridgehead atoms. The third-order valence-electron chi connectivity index (χ3n) is 2.60. The number of rotatable bonds is 3. The molecule has 0 saturated carbocycles. The number of nitrogens with one attached hydrogen (secondary N) is 2. The summed E-state index contributed by atoms with van der Waals surface area (Å²) in [7, 11) is 0. The monoisotopic (exact) mass is 352 g/mol. The molecular weight excluding hydrogens is 343 g/mol. The first-order valence-electron chi connectivity index (χ1n) is 5.83. The smallest absolute Gasteiger partial charge is 0.337 e. The molecule has 0 spiro atoms. The summed E-state index contributed by atoms with van der Waals surface area (Å²) < 4.78 is 13.8. The normalized spacial score (nSPS) is 10.0. The van der Waals surface area contributed by atoms with Crippen LogP contribution in [0.15, 0.2) is 46.9 Å². The first kappa shape index (κ1) is 15.0. The molecule has 2 aromatic rings. The molecule has 2 aromatic carbocycles. The van der Waals surface area contributed by atoms with Crippen LogP contribution in [-0.2, 0) is 0 Å². The van der Waals surface area contributed by atoms with Crippen LogP contribution in [0.5, 0.6) is 0 Å². The first-order valence-corrected chi connectivity index (χ1v) is 6.62. The van der Waals surface area contributed by atoms with Crippen molar-refractivity contribution in [3.63, 3.8) is 0 Å². The fourth-order valence-electron chi connectivity index (χ4n) is 1.66. The number of carboxylic acids is 1. The summed E-state index contributed by atoms with van der Waals surface area (Å²) in [6.45, 7) is 0. The highest BCUT2D eigenvalue weighted by atomic mass is 79.9. The molecule has 21 heavy (non-hydrogen) atoms. The van der Waals surface area contributed by atoms with E-state index in [0.717, 1.165) is 0 Å². The standard InChI is InChI=1S/C14H10BrFN2O3/c15-9-5-3-4-8(13(19)20)12(9)18-14(21)17-11-7-2-1-6-10(11)16/h1-7H,(H,19,20)(H2,17,18,21). The maximum Gasteiger partial charge on any atom is 0.337 e. The summed E-state index contributed by atoms with van der Waals surface area (Å²) in [5, 5.41) is 13.8. The minimum absolute atomic E-state index is 0.000992. The summed E-state index contributed by atoms with van der Waals surface area (Å²) in [4.78, 5) is 23.0. The first-order chi connectivity index (χ1) is 9.99. The van der Waals surface area contributed by atoms with E-state index in [1.54, 1.807) is 12.1 Å². The molecule has 0 heterocycles. The van der Waals surface area contributed by atoms with Gasteiger partial charge in [-0.1, -0.05) is 18.2 Å². The van der Waals surface area contributed by atoms with Crippen molar-refractivity contribution >= 4 is 39.3 Å². The van der Waals surface area contributed by atoms with Crippen LogP contribution in [0.25, 0.3) is 0 Å². The van der Waals surface area contributed by atoms with Gasteiger partial charge in [0.25, 0.3) is 0 Å². The molecule has 0 saturated heterocycles. The Kier molecular flexibility index (Phi) is 4.54. The number of carbonyl (C=O) groups is 2. The highest BCUT2D eigenvalue weighted by Crippen LogP contribution is 2.26. The van der Waals surface area contributed by atoms with Crippen molar-refractivity contribution in [1.82, 2.24) is 0 Å². The average molecular weight is 353 g/mol. The highest BCUT2D eigenvalue weighted by molar-refractivity contribution is 9.10. The summed E-state index contributed by atoms with van der Waals surface area (Å²) in [5.74, 6) is -1.77. The maximum absolute atomic E-state index is 13.4. The Hall–Kier alpha value is -2.41. The Labute approximate surface area is 127 Å². The van der Waals surface area contributed by atoms with Crippen LogP contribution in [0.3, 0.4) is 0 Å². The zero-order valence-corrected chi connectivity index (χ0v) is 12.1. The van der Waals surface area contributed by atoms with E-state index in [1.807, 2.05) is 0 Å². The molecule has 7 heteroatoms. The number of anilines is 2. The lowest BCUT2D eigenvalue weighted by Gasteiger charge is -2.12. The second kappa shape index (κ2) is 6.36. The van der Waals surface area contributed by atoms with E-state index in [2.05, 4.69) is 26.6 Å². The molecule has 2 amide bonds. The summed E-state index contributed by atoms with van der Waals surface area (Å²) in [6.07, 6.45) is 0. The van der Waals surface area contributed by atoms with Gasteiger partial charge in [0.2, 0.25) is 0 Å². The van der Waals surface area contributed by atoms with Gasteiger partial charge in [-0.15, -0.1) is 0 Å². The second-order valence-electron chi connectivity index (χ2n) is 4.03. The molecule has 0 radical (unpaired) electrons. The van der Waals surface area contributed by atoms with E-state index >= 15 is 0 Å². The van der Waals surface area contributed by atoms with Gasteiger partial charge < -0.3 is 15.7 Å². The van der Waals surface area contributed by atoms with Crippen molar-refractivity contribution in [2.45, 2.75) is 0 Å². The third-order valence-corrected chi connectivity index (χ3v) is 3.27. The zero-order chi connectivity index (χ0) is 15.4. The number of hydrogen-bond donors (Lipinski definition) is 3. The van der Waals surface area contributed by atoms with Crippen LogP contribution in [0.1, 0.15) is 10.4 Å². The second-order valence-corrected chi connectivity index (χ2v) is 4.88. The summed E-state index contributed by atoms with van der Waals surface area (Å²) >= 11 is 3.16. The Morgan fingerprint density at radius 2 is 1.76 bits per heavy atom. The lowest BCUT2D eigenvalue weighted by molar-refractivity contribution is 0.0698. The quantitative estimate of drug-likeness (QED) is 0.782.